The van der Waals surface area contributed by atoms with Gasteiger partial charge in [0.15, 0.2) is 5.78 Å². The number of carbonyl (C=O) groups is 2. The summed E-state index contributed by atoms with van der Waals surface area (Å²) in [5.74, 6) is 0.0325. The van der Waals surface area contributed by atoms with Crippen molar-refractivity contribution < 1.29 is 9.59 Å². The van der Waals surface area contributed by atoms with Gasteiger partial charge in [0.05, 0.1) is 12.0 Å². The van der Waals surface area contributed by atoms with Gasteiger partial charge in [0.1, 0.15) is 0 Å². The number of rotatable bonds is 1. The molecule has 1 heterocycles. The zero-order chi connectivity index (χ0) is 8.65. The van der Waals surface area contributed by atoms with Crippen molar-refractivity contribution in [3.63, 3.8) is 0 Å². The van der Waals surface area contributed by atoms with Crippen LogP contribution in [0, 0.1) is 5.92 Å². The molecule has 3 nitrogen and oxygen atoms in total. The third-order valence-corrected chi connectivity index (χ3v) is 2.45. The molecule has 0 aromatic rings. The molecule has 1 rings (SSSR count). The Kier molecular flexibility index (Phi) is 1.74. The van der Waals surface area contributed by atoms with Gasteiger partial charge in [-0.25, -0.2) is 0 Å². The summed E-state index contributed by atoms with van der Waals surface area (Å²) in [5.41, 5.74) is -0.614. The molecule has 0 saturated carbocycles. The number of ketones is 1. The highest BCUT2D eigenvalue weighted by Gasteiger charge is 2.43. The van der Waals surface area contributed by atoms with Crippen molar-refractivity contribution in [3.8, 4) is 0 Å². The quantitative estimate of drug-likeness (QED) is 0.560. The van der Waals surface area contributed by atoms with Crippen LogP contribution < -0.4 is 5.32 Å². The Balaban J connectivity index is 2.87. The van der Waals surface area contributed by atoms with Gasteiger partial charge >= 0.3 is 0 Å². The second kappa shape index (κ2) is 2.32. The normalized spacial score (nSPS) is 31.3. The summed E-state index contributed by atoms with van der Waals surface area (Å²) in [6, 6.07) is 0. The van der Waals surface area contributed by atoms with Crippen molar-refractivity contribution in [1.82, 2.24) is 5.32 Å². The Hall–Kier alpha value is -0.860. The van der Waals surface area contributed by atoms with Crippen LogP contribution in [-0.2, 0) is 9.59 Å². The highest BCUT2D eigenvalue weighted by atomic mass is 16.2. The maximum atomic E-state index is 11.3. The van der Waals surface area contributed by atoms with Gasteiger partial charge in [-0.2, -0.15) is 0 Å². The van der Waals surface area contributed by atoms with E-state index in [4.69, 9.17) is 0 Å². The largest absolute Gasteiger partial charge is 0.343 e. The van der Waals surface area contributed by atoms with Gasteiger partial charge in [-0.05, 0) is 12.8 Å². The maximum absolute atomic E-state index is 11.3. The fraction of sp³-hybridized carbons (Fsp3) is 0.750. The van der Waals surface area contributed by atoms with Crippen molar-refractivity contribution in [3.05, 3.63) is 0 Å². The summed E-state index contributed by atoms with van der Waals surface area (Å²) in [4.78, 5) is 22.1. The molecule has 1 atom stereocenters. The minimum absolute atomic E-state index is 0.0116. The number of hydrogen-bond acceptors (Lipinski definition) is 2. The predicted molar refractivity (Wildman–Crippen MR) is 41.0 cm³/mol. The molecule has 1 saturated heterocycles. The third kappa shape index (κ3) is 1.15. The van der Waals surface area contributed by atoms with Gasteiger partial charge in [0, 0.05) is 0 Å². The fourth-order valence-electron chi connectivity index (χ4n) is 1.20. The van der Waals surface area contributed by atoms with E-state index in [0.29, 0.717) is 0 Å². The van der Waals surface area contributed by atoms with E-state index in [1.165, 1.54) is 0 Å². The first-order valence-corrected chi connectivity index (χ1v) is 3.81. The monoisotopic (exact) mass is 155 g/mol. The van der Waals surface area contributed by atoms with E-state index in [1.807, 2.05) is 13.8 Å². The summed E-state index contributed by atoms with van der Waals surface area (Å²) in [7, 11) is 0. The minimum Gasteiger partial charge on any atom is -0.343 e. The number of nitrogens with one attached hydrogen (secondary N) is 1. The summed E-state index contributed by atoms with van der Waals surface area (Å²) in [5, 5.41) is 2.69. The molecular formula is C8H13NO2. The number of carbonyl (C=O) groups excluding carboxylic acids is 2. The topological polar surface area (TPSA) is 46.2 Å². The van der Waals surface area contributed by atoms with Crippen molar-refractivity contribution in [1.29, 1.82) is 0 Å². The van der Waals surface area contributed by atoms with Crippen LogP contribution in [0.3, 0.4) is 0 Å². The predicted octanol–water partition coefficient (Wildman–Crippen LogP) is 0.490. The molecule has 1 N–H and O–H groups in total. The van der Waals surface area contributed by atoms with E-state index in [-0.39, 0.29) is 24.0 Å². The molecule has 1 aliphatic rings. The minimum atomic E-state index is -0.614. The van der Waals surface area contributed by atoms with Gasteiger partial charge in [-0.15, -0.1) is 0 Å². The second-order valence-electron chi connectivity index (χ2n) is 3.51. The van der Waals surface area contributed by atoms with Crippen LogP contribution >= 0.6 is 0 Å². The Morgan fingerprint density at radius 3 is 2.18 bits per heavy atom. The van der Waals surface area contributed by atoms with E-state index < -0.39 is 5.54 Å². The smallest absolute Gasteiger partial charge is 0.228 e. The number of amides is 1. The van der Waals surface area contributed by atoms with Crippen molar-refractivity contribution in [2.45, 2.75) is 32.7 Å². The van der Waals surface area contributed by atoms with Crippen LogP contribution in [0.15, 0.2) is 0 Å². The lowest BCUT2D eigenvalue weighted by Gasteiger charge is -2.26. The van der Waals surface area contributed by atoms with Crippen molar-refractivity contribution in [2.24, 2.45) is 5.92 Å². The first kappa shape index (κ1) is 8.24. The van der Waals surface area contributed by atoms with Gasteiger partial charge in [-0.1, -0.05) is 13.8 Å². The highest BCUT2D eigenvalue weighted by Crippen LogP contribution is 2.23. The number of Topliss-reactive ketones (excluding diaryl/α,β-unsaturated/α-hetero) is 1. The van der Waals surface area contributed by atoms with Crippen LogP contribution in [0.25, 0.3) is 0 Å². The zero-order valence-corrected chi connectivity index (χ0v) is 7.10. The van der Waals surface area contributed by atoms with E-state index in [0.717, 1.165) is 0 Å². The average molecular weight is 155 g/mol. The van der Waals surface area contributed by atoms with Gasteiger partial charge in [0.25, 0.3) is 0 Å². The molecule has 62 valence electrons. The van der Waals surface area contributed by atoms with E-state index in [2.05, 4.69) is 5.32 Å². The fourth-order valence-corrected chi connectivity index (χ4v) is 1.20. The lowest BCUT2D eigenvalue weighted by molar-refractivity contribution is -0.123. The molecule has 0 aliphatic carbocycles. The Morgan fingerprint density at radius 2 is 2.00 bits per heavy atom. The highest BCUT2D eigenvalue weighted by molar-refractivity contribution is 6.10. The van der Waals surface area contributed by atoms with E-state index in [9.17, 15) is 9.59 Å². The molecule has 0 radical (unpaired) electrons. The molecule has 1 amide bonds. The Labute approximate surface area is 66.2 Å². The summed E-state index contributed by atoms with van der Waals surface area (Å²) >= 11 is 0. The SMILES string of the molecule is CC(C)[C@@]1(C)NC(=O)CC1=O. The Bertz CT molecular complexity index is 210. The van der Waals surface area contributed by atoms with E-state index >= 15 is 0 Å². The summed E-state index contributed by atoms with van der Waals surface area (Å²) < 4.78 is 0. The summed E-state index contributed by atoms with van der Waals surface area (Å²) in [6.45, 7) is 5.65. The molecular weight excluding hydrogens is 142 g/mol. The molecule has 0 unspecified atom stereocenters. The summed E-state index contributed by atoms with van der Waals surface area (Å²) in [6.07, 6.45) is 0.0503. The Morgan fingerprint density at radius 1 is 1.45 bits per heavy atom. The average Bonchev–Trinajstić information content (AvgIpc) is 2.08. The molecule has 0 aromatic carbocycles. The second-order valence-corrected chi connectivity index (χ2v) is 3.51. The lowest BCUT2D eigenvalue weighted by Crippen LogP contribution is -2.47. The lowest BCUT2D eigenvalue weighted by atomic mass is 9.86. The molecule has 3 heteroatoms. The van der Waals surface area contributed by atoms with E-state index in [1.54, 1.807) is 6.92 Å². The first-order valence-electron chi connectivity index (χ1n) is 3.81. The molecule has 0 spiro atoms. The zero-order valence-electron chi connectivity index (χ0n) is 7.10. The molecule has 1 fully saturated rings. The van der Waals surface area contributed by atoms with Gasteiger partial charge in [-0.3, -0.25) is 9.59 Å². The molecule has 0 bridgehead atoms. The first-order chi connectivity index (χ1) is 4.97. The van der Waals surface area contributed by atoms with Gasteiger partial charge < -0.3 is 5.32 Å². The van der Waals surface area contributed by atoms with Crippen LogP contribution in [0.5, 0.6) is 0 Å². The number of hydrogen-bond donors (Lipinski definition) is 1. The van der Waals surface area contributed by atoms with Crippen LogP contribution in [0.1, 0.15) is 27.2 Å². The maximum Gasteiger partial charge on any atom is 0.228 e. The van der Waals surface area contributed by atoms with Crippen LogP contribution in [0.2, 0.25) is 0 Å². The third-order valence-electron chi connectivity index (χ3n) is 2.45. The van der Waals surface area contributed by atoms with Gasteiger partial charge in [0.2, 0.25) is 5.91 Å². The molecule has 11 heavy (non-hydrogen) atoms. The van der Waals surface area contributed by atoms with Crippen LogP contribution in [0.4, 0.5) is 0 Å². The standard InChI is InChI=1S/C8H13NO2/c1-5(2)8(3)6(10)4-7(11)9-8/h5H,4H2,1-3H3,(H,9,11)/t8-/m1/s1. The van der Waals surface area contributed by atoms with Crippen molar-refractivity contribution >= 4 is 11.7 Å². The van der Waals surface area contributed by atoms with Crippen LogP contribution in [-0.4, -0.2) is 17.2 Å². The van der Waals surface area contributed by atoms with Crippen molar-refractivity contribution in [2.75, 3.05) is 0 Å². The molecule has 0 aromatic heterocycles. The molecule has 1 aliphatic heterocycles.